The van der Waals surface area contributed by atoms with Crippen LogP contribution in [0.5, 0.6) is 0 Å². The van der Waals surface area contributed by atoms with Crippen LogP contribution in [0.4, 0.5) is 5.88 Å². The summed E-state index contributed by atoms with van der Waals surface area (Å²) in [5.41, 5.74) is 1.35. The third-order valence-corrected chi connectivity index (χ3v) is 6.37. The molecule has 0 aliphatic rings. The van der Waals surface area contributed by atoms with Gasteiger partial charge in [0.2, 0.25) is 11.8 Å². The molecule has 0 saturated heterocycles. The molecule has 0 amide bonds. The summed E-state index contributed by atoms with van der Waals surface area (Å²) in [5.74, 6) is 0.816. The topological polar surface area (TPSA) is 55.6 Å². The summed E-state index contributed by atoms with van der Waals surface area (Å²) in [7, 11) is 0.288. The van der Waals surface area contributed by atoms with Gasteiger partial charge in [0.25, 0.3) is 7.37 Å². The molecule has 1 heterocycles. The molecule has 3 rings (SSSR count). The first-order chi connectivity index (χ1) is 13.0. The lowest BCUT2D eigenvalue weighted by Crippen LogP contribution is -2.24. The van der Waals surface area contributed by atoms with Crippen molar-refractivity contribution in [2.24, 2.45) is 0 Å². The van der Waals surface area contributed by atoms with Gasteiger partial charge >= 0.3 is 0 Å². The molecule has 1 atom stereocenters. The van der Waals surface area contributed by atoms with Gasteiger partial charge in [-0.3, -0.25) is 4.57 Å². The molecule has 6 heteroatoms. The van der Waals surface area contributed by atoms with E-state index in [1.54, 1.807) is 23.1 Å². The van der Waals surface area contributed by atoms with Crippen LogP contribution in [-0.2, 0) is 9.09 Å². The van der Waals surface area contributed by atoms with Crippen LogP contribution in [0, 0.1) is 0 Å². The average Bonchev–Trinajstić information content (AvgIpc) is 3.13. The maximum absolute atomic E-state index is 13.8. The minimum atomic E-state index is -3.37. The van der Waals surface area contributed by atoms with Crippen LogP contribution in [0.2, 0.25) is 0 Å². The second-order valence-electron chi connectivity index (χ2n) is 6.12. The Kier molecular flexibility index (Phi) is 5.94. The molecule has 0 fully saturated rings. The minimum absolute atomic E-state index is 0.307. The third kappa shape index (κ3) is 4.21. The van der Waals surface area contributed by atoms with Crippen molar-refractivity contribution in [3.05, 3.63) is 72.1 Å². The molecule has 1 aromatic heterocycles. The fourth-order valence-corrected chi connectivity index (χ4v) is 4.84. The molecule has 0 aliphatic heterocycles. The predicted molar refractivity (Wildman–Crippen MR) is 111 cm³/mol. The standard InChI is InChI=1S/C21H23N2O3P/c1-4-25-27(24,18-13-9-6-10-14-18)20-21(23(2)3)26-19(22-20)16-15-17-11-7-5-8-12-17/h5-16H,4H2,1-3H3/b16-15+. The van der Waals surface area contributed by atoms with Gasteiger partial charge in [0.05, 0.1) is 6.61 Å². The van der Waals surface area contributed by atoms with Gasteiger partial charge in [-0.15, -0.1) is 0 Å². The molecule has 5 nitrogen and oxygen atoms in total. The smallest absolute Gasteiger partial charge is 0.284 e. The summed E-state index contributed by atoms with van der Waals surface area (Å²) in [6, 6.07) is 19.0. The number of benzene rings is 2. The molecular weight excluding hydrogens is 359 g/mol. The molecule has 140 valence electrons. The van der Waals surface area contributed by atoms with E-state index in [2.05, 4.69) is 4.98 Å². The normalized spacial score (nSPS) is 13.6. The molecule has 0 aliphatic carbocycles. The van der Waals surface area contributed by atoms with Crippen molar-refractivity contribution < 1.29 is 13.5 Å². The molecule has 0 radical (unpaired) electrons. The Bertz CT molecular complexity index is 950. The summed E-state index contributed by atoms with van der Waals surface area (Å²) in [6.07, 6.45) is 3.68. The average molecular weight is 382 g/mol. The van der Waals surface area contributed by atoms with E-state index in [1.165, 1.54) is 0 Å². The highest BCUT2D eigenvalue weighted by Gasteiger charge is 2.36. The monoisotopic (exact) mass is 382 g/mol. The van der Waals surface area contributed by atoms with Gasteiger partial charge in [0.1, 0.15) is 0 Å². The van der Waals surface area contributed by atoms with Crippen molar-refractivity contribution in [1.82, 2.24) is 4.98 Å². The van der Waals surface area contributed by atoms with Crippen molar-refractivity contribution in [3.63, 3.8) is 0 Å². The van der Waals surface area contributed by atoms with Crippen molar-refractivity contribution in [2.75, 3.05) is 25.6 Å². The Morgan fingerprint density at radius 1 is 1.04 bits per heavy atom. The number of hydrogen-bond donors (Lipinski definition) is 0. The quantitative estimate of drug-likeness (QED) is 0.574. The van der Waals surface area contributed by atoms with Crippen molar-refractivity contribution >= 4 is 36.1 Å². The molecule has 0 N–H and O–H groups in total. The number of oxazole rings is 1. The number of nitrogens with zero attached hydrogens (tertiary/aromatic N) is 2. The highest BCUT2D eigenvalue weighted by molar-refractivity contribution is 7.74. The van der Waals surface area contributed by atoms with Crippen LogP contribution in [0.1, 0.15) is 18.4 Å². The van der Waals surface area contributed by atoms with Crippen molar-refractivity contribution in [2.45, 2.75) is 6.92 Å². The summed E-state index contributed by atoms with van der Waals surface area (Å²) in [4.78, 5) is 6.29. The number of anilines is 1. The Morgan fingerprint density at radius 2 is 1.67 bits per heavy atom. The zero-order chi connectivity index (χ0) is 19.3. The molecule has 27 heavy (non-hydrogen) atoms. The molecule has 1 unspecified atom stereocenters. The fourth-order valence-electron chi connectivity index (χ4n) is 2.67. The predicted octanol–water partition coefficient (Wildman–Crippen LogP) is 4.18. The first-order valence-electron chi connectivity index (χ1n) is 8.76. The van der Waals surface area contributed by atoms with E-state index < -0.39 is 7.37 Å². The van der Waals surface area contributed by atoms with E-state index in [0.717, 1.165) is 5.56 Å². The zero-order valence-electron chi connectivity index (χ0n) is 15.7. The Morgan fingerprint density at radius 3 is 2.26 bits per heavy atom. The van der Waals surface area contributed by atoms with Crippen LogP contribution in [0.25, 0.3) is 12.2 Å². The van der Waals surface area contributed by atoms with Crippen LogP contribution in [0.15, 0.2) is 65.1 Å². The summed E-state index contributed by atoms with van der Waals surface area (Å²) in [5, 5.41) is 0.599. The van der Waals surface area contributed by atoms with Crippen LogP contribution in [0.3, 0.4) is 0 Å². The molecule has 3 aromatic rings. The lowest BCUT2D eigenvalue weighted by molar-refractivity contribution is 0.347. The second kappa shape index (κ2) is 8.38. The van der Waals surface area contributed by atoms with Crippen LogP contribution >= 0.6 is 7.37 Å². The van der Waals surface area contributed by atoms with E-state index in [1.807, 2.05) is 75.6 Å². The highest BCUT2D eigenvalue weighted by atomic mass is 31.2. The van der Waals surface area contributed by atoms with E-state index in [0.29, 0.717) is 29.1 Å². The SMILES string of the molecule is CCOP(=O)(c1ccccc1)c1nc(/C=C/c2ccccc2)oc1N(C)C. The summed E-state index contributed by atoms with van der Waals surface area (Å²) < 4.78 is 25.5. The zero-order valence-corrected chi connectivity index (χ0v) is 16.6. The van der Waals surface area contributed by atoms with E-state index in [-0.39, 0.29) is 0 Å². The van der Waals surface area contributed by atoms with Gasteiger partial charge in [-0.1, -0.05) is 48.5 Å². The van der Waals surface area contributed by atoms with Gasteiger partial charge in [-0.2, -0.15) is 0 Å². The lowest BCUT2D eigenvalue weighted by Gasteiger charge is -2.18. The Labute approximate surface area is 159 Å². The summed E-state index contributed by atoms with van der Waals surface area (Å²) in [6.45, 7) is 2.13. The Balaban J connectivity index is 2.06. The van der Waals surface area contributed by atoms with Gasteiger partial charge in [0, 0.05) is 25.5 Å². The molecule has 0 spiro atoms. The van der Waals surface area contributed by atoms with E-state index >= 15 is 0 Å². The lowest BCUT2D eigenvalue weighted by atomic mass is 10.2. The van der Waals surface area contributed by atoms with Gasteiger partial charge < -0.3 is 13.8 Å². The summed E-state index contributed by atoms with van der Waals surface area (Å²) >= 11 is 0. The first-order valence-corrected chi connectivity index (χ1v) is 10.4. The fraction of sp³-hybridized carbons (Fsp3) is 0.190. The minimum Gasteiger partial charge on any atom is -0.420 e. The number of aromatic nitrogens is 1. The molecule has 2 aromatic carbocycles. The van der Waals surface area contributed by atoms with Crippen LogP contribution < -0.4 is 15.6 Å². The third-order valence-electron chi connectivity index (χ3n) is 3.92. The number of rotatable bonds is 7. The first kappa shape index (κ1) is 19.2. The molecular formula is C21H23N2O3P. The maximum Gasteiger partial charge on any atom is 0.284 e. The van der Waals surface area contributed by atoms with Gasteiger partial charge in [0.15, 0.2) is 5.44 Å². The van der Waals surface area contributed by atoms with Crippen molar-refractivity contribution in [3.8, 4) is 0 Å². The van der Waals surface area contributed by atoms with Gasteiger partial charge in [-0.05, 0) is 30.7 Å². The molecule has 0 bridgehead atoms. The second-order valence-corrected chi connectivity index (χ2v) is 8.43. The van der Waals surface area contributed by atoms with E-state index in [4.69, 9.17) is 8.94 Å². The van der Waals surface area contributed by atoms with E-state index in [9.17, 15) is 4.57 Å². The van der Waals surface area contributed by atoms with Gasteiger partial charge in [-0.25, -0.2) is 4.98 Å². The number of hydrogen-bond acceptors (Lipinski definition) is 5. The maximum atomic E-state index is 13.8. The van der Waals surface area contributed by atoms with Crippen LogP contribution in [-0.4, -0.2) is 25.7 Å². The Hall–Kier alpha value is -2.62. The molecule has 0 saturated carbocycles. The largest absolute Gasteiger partial charge is 0.420 e. The highest BCUT2D eigenvalue weighted by Crippen LogP contribution is 2.46. The van der Waals surface area contributed by atoms with Crippen molar-refractivity contribution in [1.29, 1.82) is 0 Å².